The number of nitrogens with one attached hydrogen (secondary N) is 1. The molecule has 96 valence electrons. The maximum atomic E-state index is 3.49. The molecule has 2 nitrogen and oxygen atoms in total. The van der Waals surface area contributed by atoms with E-state index in [4.69, 9.17) is 0 Å². The first-order chi connectivity index (χ1) is 8.13. The molecule has 0 aliphatic rings. The molecule has 1 aromatic carbocycles. The molecule has 0 spiro atoms. The van der Waals surface area contributed by atoms with Crippen LogP contribution in [0.4, 0.5) is 0 Å². The van der Waals surface area contributed by atoms with Crippen molar-refractivity contribution in [3.8, 4) is 0 Å². The van der Waals surface area contributed by atoms with E-state index in [-0.39, 0.29) is 0 Å². The largest absolute Gasteiger partial charge is 0.311 e. The molecule has 0 radical (unpaired) electrons. The van der Waals surface area contributed by atoms with Gasteiger partial charge in [0.1, 0.15) is 0 Å². The highest BCUT2D eigenvalue weighted by atomic mass is 15.1. The molecule has 0 aliphatic carbocycles. The van der Waals surface area contributed by atoms with Gasteiger partial charge in [-0.25, -0.2) is 0 Å². The molecular formula is C15H26N2. The van der Waals surface area contributed by atoms with Gasteiger partial charge in [0.2, 0.25) is 0 Å². The van der Waals surface area contributed by atoms with Crippen molar-refractivity contribution in [2.24, 2.45) is 0 Å². The van der Waals surface area contributed by atoms with E-state index in [1.165, 1.54) is 17.5 Å². The minimum absolute atomic E-state index is 0.677. The third-order valence-electron chi connectivity index (χ3n) is 3.43. The van der Waals surface area contributed by atoms with Gasteiger partial charge in [0.15, 0.2) is 0 Å². The van der Waals surface area contributed by atoms with Crippen molar-refractivity contribution < 1.29 is 0 Å². The maximum absolute atomic E-state index is 3.49. The van der Waals surface area contributed by atoms with Crippen LogP contribution in [0.15, 0.2) is 24.3 Å². The van der Waals surface area contributed by atoms with Gasteiger partial charge < -0.3 is 10.2 Å². The first-order valence-electron chi connectivity index (χ1n) is 6.60. The fourth-order valence-corrected chi connectivity index (χ4v) is 1.73. The monoisotopic (exact) mass is 234 g/mol. The Morgan fingerprint density at radius 1 is 1.24 bits per heavy atom. The lowest BCUT2D eigenvalue weighted by atomic mass is 10.1. The van der Waals surface area contributed by atoms with Gasteiger partial charge in [-0.05, 0) is 32.9 Å². The van der Waals surface area contributed by atoms with E-state index in [0.717, 1.165) is 19.6 Å². The smallest absolute Gasteiger partial charge is 0.0206 e. The van der Waals surface area contributed by atoms with Crippen LogP contribution in [0.5, 0.6) is 0 Å². The van der Waals surface area contributed by atoms with Gasteiger partial charge in [0, 0.05) is 25.7 Å². The molecule has 0 aromatic heterocycles. The van der Waals surface area contributed by atoms with Crippen molar-refractivity contribution in [3.63, 3.8) is 0 Å². The summed E-state index contributed by atoms with van der Waals surface area (Å²) in [4.78, 5) is 2.40. The van der Waals surface area contributed by atoms with Crippen LogP contribution >= 0.6 is 0 Å². The molecule has 0 aliphatic heterocycles. The molecule has 0 bridgehead atoms. The molecule has 17 heavy (non-hydrogen) atoms. The minimum atomic E-state index is 0.677. The number of likely N-dealkylation sites (N-methyl/N-ethyl adjacent to an activating group) is 1. The number of aryl methyl sites for hydroxylation is 1. The first kappa shape index (κ1) is 14.2. The summed E-state index contributed by atoms with van der Waals surface area (Å²) in [5.74, 6) is 0. The van der Waals surface area contributed by atoms with E-state index in [1.54, 1.807) is 0 Å². The van der Waals surface area contributed by atoms with Crippen molar-refractivity contribution in [1.82, 2.24) is 10.2 Å². The van der Waals surface area contributed by atoms with Crippen LogP contribution in [0.3, 0.4) is 0 Å². The fraction of sp³-hybridized carbons (Fsp3) is 0.600. The Morgan fingerprint density at radius 2 is 1.88 bits per heavy atom. The van der Waals surface area contributed by atoms with E-state index in [9.17, 15) is 0 Å². The fourth-order valence-electron chi connectivity index (χ4n) is 1.73. The van der Waals surface area contributed by atoms with Gasteiger partial charge in [-0.3, -0.25) is 0 Å². The Bertz CT molecular complexity index is 305. The third-order valence-corrected chi connectivity index (χ3v) is 3.43. The van der Waals surface area contributed by atoms with E-state index >= 15 is 0 Å². The lowest BCUT2D eigenvalue weighted by Crippen LogP contribution is -2.34. The number of benzene rings is 1. The molecule has 1 atom stereocenters. The van der Waals surface area contributed by atoms with Crippen LogP contribution in [-0.4, -0.2) is 31.1 Å². The van der Waals surface area contributed by atoms with E-state index in [0.29, 0.717) is 6.04 Å². The number of hydrogen-bond donors (Lipinski definition) is 1. The zero-order valence-corrected chi connectivity index (χ0v) is 11.7. The quantitative estimate of drug-likeness (QED) is 0.730. The predicted molar refractivity (Wildman–Crippen MR) is 75.3 cm³/mol. The molecule has 0 saturated heterocycles. The molecule has 0 fully saturated rings. The second-order valence-corrected chi connectivity index (χ2v) is 4.90. The molecule has 0 heterocycles. The zero-order chi connectivity index (χ0) is 12.7. The number of hydrogen-bond acceptors (Lipinski definition) is 2. The van der Waals surface area contributed by atoms with E-state index in [1.807, 2.05) is 0 Å². The molecular weight excluding hydrogens is 208 g/mol. The van der Waals surface area contributed by atoms with Gasteiger partial charge >= 0.3 is 0 Å². The normalized spacial score (nSPS) is 13.0. The summed E-state index contributed by atoms with van der Waals surface area (Å²) >= 11 is 0. The highest BCUT2D eigenvalue weighted by Crippen LogP contribution is 2.02. The summed E-state index contributed by atoms with van der Waals surface area (Å²) in [6, 6.07) is 9.41. The Morgan fingerprint density at radius 3 is 2.47 bits per heavy atom. The molecule has 1 unspecified atom stereocenters. The van der Waals surface area contributed by atoms with Crippen LogP contribution in [0, 0.1) is 6.92 Å². The summed E-state index contributed by atoms with van der Waals surface area (Å²) in [7, 11) is 2.20. The Hall–Kier alpha value is -0.860. The summed E-state index contributed by atoms with van der Waals surface area (Å²) in [5.41, 5.74) is 2.69. The van der Waals surface area contributed by atoms with Crippen LogP contribution in [-0.2, 0) is 6.54 Å². The van der Waals surface area contributed by atoms with Crippen molar-refractivity contribution >= 4 is 0 Å². The second kappa shape index (κ2) is 7.46. The first-order valence-corrected chi connectivity index (χ1v) is 6.60. The van der Waals surface area contributed by atoms with Crippen molar-refractivity contribution in [2.45, 2.75) is 39.8 Å². The molecule has 1 aromatic rings. The van der Waals surface area contributed by atoms with Gasteiger partial charge in [0.25, 0.3) is 0 Å². The SMILES string of the molecule is CCC(C)N(C)CCNCc1ccc(C)cc1. The summed E-state index contributed by atoms with van der Waals surface area (Å²) in [5, 5.41) is 3.49. The van der Waals surface area contributed by atoms with Crippen molar-refractivity contribution in [2.75, 3.05) is 20.1 Å². The van der Waals surface area contributed by atoms with Gasteiger partial charge in [-0.1, -0.05) is 36.8 Å². The highest BCUT2D eigenvalue weighted by molar-refractivity contribution is 5.20. The number of nitrogens with zero attached hydrogens (tertiary/aromatic N) is 1. The van der Waals surface area contributed by atoms with Crippen molar-refractivity contribution in [1.29, 1.82) is 0 Å². The second-order valence-electron chi connectivity index (χ2n) is 4.90. The lowest BCUT2D eigenvalue weighted by molar-refractivity contribution is 0.252. The predicted octanol–water partition coefficient (Wildman–Crippen LogP) is 2.81. The molecule has 0 amide bonds. The van der Waals surface area contributed by atoms with Gasteiger partial charge in [-0.15, -0.1) is 0 Å². The van der Waals surface area contributed by atoms with Crippen LogP contribution in [0.25, 0.3) is 0 Å². The van der Waals surface area contributed by atoms with Crippen LogP contribution < -0.4 is 5.32 Å². The molecule has 0 saturated carbocycles. The van der Waals surface area contributed by atoms with Crippen LogP contribution in [0.2, 0.25) is 0 Å². The number of rotatable bonds is 7. The molecule has 1 N–H and O–H groups in total. The third kappa shape index (κ3) is 5.33. The summed E-state index contributed by atoms with van der Waals surface area (Å²) in [6.07, 6.45) is 1.22. The van der Waals surface area contributed by atoms with Gasteiger partial charge in [-0.2, -0.15) is 0 Å². The Balaban J connectivity index is 2.18. The lowest BCUT2D eigenvalue weighted by Gasteiger charge is -2.23. The van der Waals surface area contributed by atoms with E-state index in [2.05, 4.69) is 62.3 Å². The average molecular weight is 234 g/mol. The Kier molecular flexibility index (Phi) is 6.23. The Labute approximate surface area is 106 Å². The summed E-state index contributed by atoms with van der Waals surface area (Å²) < 4.78 is 0. The topological polar surface area (TPSA) is 15.3 Å². The average Bonchev–Trinajstić information content (AvgIpc) is 2.35. The van der Waals surface area contributed by atoms with E-state index < -0.39 is 0 Å². The zero-order valence-electron chi connectivity index (χ0n) is 11.7. The van der Waals surface area contributed by atoms with Crippen LogP contribution in [0.1, 0.15) is 31.4 Å². The standard InChI is InChI=1S/C15H26N2/c1-5-14(3)17(4)11-10-16-12-15-8-6-13(2)7-9-15/h6-9,14,16H,5,10-12H2,1-4H3. The molecule has 1 rings (SSSR count). The minimum Gasteiger partial charge on any atom is -0.311 e. The maximum Gasteiger partial charge on any atom is 0.0206 e. The highest BCUT2D eigenvalue weighted by Gasteiger charge is 2.04. The molecule has 2 heteroatoms. The van der Waals surface area contributed by atoms with Crippen molar-refractivity contribution in [3.05, 3.63) is 35.4 Å². The summed E-state index contributed by atoms with van der Waals surface area (Å²) in [6.45, 7) is 9.77. The van der Waals surface area contributed by atoms with Gasteiger partial charge in [0.05, 0.1) is 0 Å².